The summed E-state index contributed by atoms with van der Waals surface area (Å²) in [6.45, 7) is 0. The van der Waals surface area contributed by atoms with Crippen molar-refractivity contribution in [2.45, 2.75) is 0 Å². The van der Waals surface area contributed by atoms with Crippen LogP contribution in [0.15, 0.2) is 168 Å². The third kappa shape index (κ3) is 3.73. The summed E-state index contributed by atoms with van der Waals surface area (Å²) in [7, 11) is 0. The Kier molecular flexibility index (Phi) is 5.62. The van der Waals surface area contributed by atoms with Crippen LogP contribution in [0.1, 0.15) is 0 Å². The van der Waals surface area contributed by atoms with Crippen molar-refractivity contribution in [3.8, 4) is 66.8 Å². The minimum absolute atomic E-state index is 1.30. The highest BCUT2D eigenvalue weighted by Crippen LogP contribution is 2.54. The van der Waals surface area contributed by atoms with E-state index < -0.39 is 0 Å². The Hall–Kier alpha value is -6.58. The van der Waals surface area contributed by atoms with Gasteiger partial charge in [-0.25, -0.2) is 0 Å². The molecule has 0 saturated heterocycles. The molecule has 0 saturated carbocycles. The van der Waals surface area contributed by atoms with Gasteiger partial charge in [-0.15, -0.1) is 22.7 Å². The smallest absolute Gasteiger partial charge is 0.0421 e. The summed E-state index contributed by atoms with van der Waals surface area (Å²) < 4.78 is 2.68. The molecular weight excluding hydrogens is 713 g/mol. The third-order valence-corrected chi connectivity index (χ3v) is 14.8. The van der Waals surface area contributed by atoms with Crippen LogP contribution in [-0.2, 0) is 0 Å². The predicted molar refractivity (Wildman–Crippen MR) is 244 cm³/mol. The molecule has 0 aliphatic heterocycles. The maximum Gasteiger partial charge on any atom is 0.0421 e. The average Bonchev–Trinajstić information content (AvgIpc) is 4.05. The number of hydrogen-bond donors (Lipinski definition) is 0. The van der Waals surface area contributed by atoms with E-state index in [0.29, 0.717) is 0 Å². The number of thiophene rings is 2. The first-order valence-corrected chi connectivity index (χ1v) is 21.1. The SMILES string of the molecule is c1cc(-c2cc3c4cc5c(cc4c(-c4cccc6ccsc46)cc3c3cc4c(cc23)-c2cccc3cccc-4c23)-c2cccc3cccc-5c23)c2sccc2c1. The summed E-state index contributed by atoms with van der Waals surface area (Å²) in [4.78, 5) is 0. The molecule has 0 atom stereocenters. The van der Waals surface area contributed by atoms with E-state index in [9.17, 15) is 0 Å². The van der Waals surface area contributed by atoms with Crippen LogP contribution in [0.2, 0.25) is 0 Å². The van der Waals surface area contributed by atoms with E-state index in [0.717, 1.165) is 0 Å². The fraction of sp³-hybridized carbons (Fsp3) is 0. The van der Waals surface area contributed by atoms with Crippen molar-refractivity contribution >= 4 is 96.7 Å². The Morgan fingerprint density at radius 1 is 0.232 bits per heavy atom. The van der Waals surface area contributed by atoms with Crippen LogP contribution in [0.5, 0.6) is 0 Å². The lowest BCUT2D eigenvalue weighted by molar-refractivity contribution is 1.71. The summed E-state index contributed by atoms with van der Waals surface area (Å²) in [5.74, 6) is 0. The van der Waals surface area contributed by atoms with E-state index in [1.54, 1.807) is 0 Å². The Morgan fingerprint density at radius 3 is 0.929 bits per heavy atom. The number of fused-ring (bicyclic) bond motifs is 13. The van der Waals surface area contributed by atoms with Gasteiger partial charge in [0, 0.05) is 20.5 Å². The molecule has 2 heterocycles. The van der Waals surface area contributed by atoms with E-state index in [1.807, 2.05) is 22.7 Å². The van der Waals surface area contributed by atoms with E-state index in [1.165, 1.54) is 141 Å². The Morgan fingerprint density at radius 2 is 0.536 bits per heavy atom. The van der Waals surface area contributed by atoms with Gasteiger partial charge >= 0.3 is 0 Å². The topological polar surface area (TPSA) is 0 Å². The molecule has 0 spiro atoms. The van der Waals surface area contributed by atoms with E-state index in [4.69, 9.17) is 0 Å². The van der Waals surface area contributed by atoms with Gasteiger partial charge in [0.15, 0.2) is 0 Å². The minimum atomic E-state index is 1.30. The van der Waals surface area contributed by atoms with Gasteiger partial charge < -0.3 is 0 Å². The van der Waals surface area contributed by atoms with Crippen LogP contribution in [-0.4, -0.2) is 0 Å². The fourth-order valence-electron chi connectivity index (χ4n) is 10.5. The molecule has 256 valence electrons. The Labute approximate surface area is 330 Å². The lowest BCUT2D eigenvalue weighted by atomic mass is 9.84. The zero-order valence-corrected chi connectivity index (χ0v) is 31.6. The standard InChI is InChI=1S/C54H28S2/c1-7-29-9-3-15-35-41-25-47-45(23-39(41)33(13-1)51(29)35)43(37-17-5-11-31-19-21-55-53(31)37)27-50-48-26-42-36-16-4-10-30-8-2-14-34(52(30)36)40(42)24-46(48)44(28-49(47)50)38-18-6-12-32-20-22-56-54(32)38/h1-28H. The number of benzene rings is 10. The third-order valence-electron chi connectivity index (χ3n) is 12.9. The molecule has 0 amide bonds. The van der Waals surface area contributed by atoms with Gasteiger partial charge in [0.05, 0.1) is 0 Å². The van der Waals surface area contributed by atoms with Gasteiger partial charge in [0.2, 0.25) is 0 Å². The van der Waals surface area contributed by atoms with Crippen LogP contribution in [0.3, 0.4) is 0 Å². The van der Waals surface area contributed by atoms with E-state index >= 15 is 0 Å². The van der Waals surface area contributed by atoms with Crippen molar-refractivity contribution in [3.05, 3.63) is 168 Å². The Bertz CT molecular complexity index is 3500. The normalized spacial score (nSPS) is 12.6. The van der Waals surface area contributed by atoms with Crippen molar-refractivity contribution in [2.75, 3.05) is 0 Å². The maximum atomic E-state index is 2.54. The summed E-state index contributed by atoms with van der Waals surface area (Å²) in [6.07, 6.45) is 0. The summed E-state index contributed by atoms with van der Waals surface area (Å²) in [6, 6.07) is 60.5. The molecule has 0 unspecified atom stereocenters. The van der Waals surface area contributed by atoms with Crippen LogP contribution in [0.25, 0.3) is 141 Å². The largest absolute Gasteiger partial charge is 0.143 e. The zero-order valence-electron chi connectivity index (χ0n) is 30.0. The molecule has 2 heteroatoms. The molecule has 12 aromatic rings. The summed E-state index contributed by atoms with van der Waals surface area (Å²) in [5, 5.41) is 20.2. The number of hydrogen-bond acceptors (Lipinski definition) is 2. The fourth-order valence-corrected chi connectivity index (χ4v) is 12.3. The molecule has 2 aromatic heterocycles. The molecule has 2 aliphatic rings. The lowest BCUT2D eigenvalue weighted by Crippen LogP contribution is -1.92. The van der Waals surface area contributed by atoms with Gasteiger partial charge in [-0.3, -0.25) is 0 Å². The average molecular weight is 741 g/mol. The van der Waals surface area contributed by atoms with Crippen molar-refractivity contribution in [1.82, 2.24) is 0 Å². The monoisotopic (exact) mass is 740 g/mol. The maximum absolute atomic E-state index is 2.54. The molecule has 0 bridgehead atoms. The zero-order chi connectivity index (χ0) is 36.2. The highest BCUT2D eigenvalue weighted by atomic mass is 32.1. The first-order valence-electron chi connectivity index (χ1n) is 19.3. The predicted octanol–water partition coefficient (Wildman–Crippen LogP) is 16.5. The minimum Gasteiger partial charge on any atom is -0.143 e. The first-order chi connectivity index (χ1) is 27.8. The van der Waals surface area contributed by atoms with Crippen LogP contribution in [0.4, 0.5) is 0 Å². The van der Waals surface area contributed by atoms with Crippen molar-refractivity contribution in [2.24, 2.45) is 0 Å². The molecular formula is C54H28S2. The first kappa shape index (κ1) is 29.7. The van der Waals surface area contributed by atoms with Gasteiger partial charge in [-0.05, 0) is 180 Å². The Balaban J connectivity index is 1.20. The van der Waals surface area contributed by atoms with Crippen molar-refractivity contribution in [1.29, 1.82) is 0 Å². The van der Waals surface area contributed by atoms with Crippen molar-refractivity contribution in [3.63, 3.8) is 0 Å². The molecule has 0 fully saturated rings. The van der Waals surface area contributed by atoms with Gasteiger partial charge in [-0.2, -0.15) is 0 Å². The van der Waals surface area contributed by atoms with Crippen LogP contribution < -0.4 is 0 Å². The second kappa shape index (κ2) is 10.6. The molecule has 2 aliphatic carbocycles. The second-order valence-corrected chi connectivity index (χ2v) is 17.4. The number of rotatable bonds is 2. The molecule has 0 radical (unpaired) electrons. The van der Waals surface area contributed by atoms with Crippen molar-refractivity contribution < 1.29 is 0 Å². The van der Waals surface area contributed by atoms with Gasteiger partial charge in [0.25, 0.3) is 0 Å². The van der Waals surface area contributed by atoms with E-state index in [-0.39, 0.29) is 0 Å². The van der Waals surface area contributed by atoms with Crippen LogP contribution in [0, 0.1) is 0 Å². The second-order valence-electron chi connectivity index (χ2n) is 15.5. The summed E-state index contributed by atoms with van der Waals surface area (Å²) in [5.41, 5.74) is 15.9. The molecule has 0 N–H and O–H groups in total. The lowest BCUT2D eigenvalue weighted by Gasteiger charge is -2.19. The highest BCUT2D eigenvalue weighted by Gasteiger charge is 2.27. The van der Waals surface area contributed by atoms with E-state index in [2.05, 4.69) is 168 Å². The van der Waals surface area contributed by atoms with Gasteiger partial charge in [-0.1, -0.05) is 109 Å². The molecule has 14 rings (SSSR count). The molecule has 56 heavy (non-hydrogen) atoms. The highest BCUT2D eigenvalue weighted by molar-refractivity contribution is 7.18. The molecule has 0 nitrogen and oxygen atoms in total. The quantitative estimate of drug-likeness (QED) is 0.155. The summed E-state index contributed by atoms with van der Waals surface area (Å²) >= 11 is 3.69. The van der Waals surface area contributed by atoms with Crippen LogP contribution >= 0.6 is 22.7 Å². The van der Waals surface area contributed by atoms with Gasteiger partial charge in [0.1, 0.15) is 0 Å². The molecule has 10 aromatic carbocycles.